The molecule has 0 atom stereocenters. The fourth-order valence-corrected chi connectivity index (χ4v) is 19.9. The van der Waals surface area contributed by atoms with E-state index in [1.165, 1.54) is 0 Å². The van der Waals surface area contributed by atoms with Gasteiger partial charge in [-0.1, -0.05) is 296 Å². The highest BCUT2D eigenvalue weighted by atomic mass is 16.3. The van der Waals surface area contributed by atoms with Crippen LogP contribution < -0.4 is 26.2 Å². The van der Waals surface area contributed by atoms with Gasteiger partial charge in [-0.25, -0.2) is 0 Å². The monoisotopic (exact) mass is 1600 g/mol. The number of rotatable bonds is 10. The third-order valence-electron chi connectivity index (χ3n) is 25.6. The average Bonchev–Trinajstić information content (AvgIpc) is 0.790. The standard InChI is InChI=1S/C116H82BN5O2/c1-115(2,3)75-65-90(71-32-10-7-11-33-71)112(93(67-75)86-45-31-55-109-110(86)89-44-22-29-54-108(89)123-109)121-103-69-78(119-97-48-23-16-38-80(97)81-39-17-24-49-98(81)119)57-59-95(103)117-96-60-58-79(120-99-50-25-18-40-82(99)83-41-19-26-51-100(83)120)70-104(96)122(106-64-74(63-105(121)111(106)117)73-56-61-102-92(62-73)84-42-20-27-52-101(84)118(102)77-36-14-9-15-37-77)113-91(72-34-12-8-13-35-72)66-76(116(4,5)6)68-94(113)88-47-30-46-87-85-43-21-28-53-107(85)124-114(87)88/h7-70H,1-6H3/i16D,17D,18D,19D,23D,24D,25D,26D,38D,39D,40D,41D,48D,49D,50D,51D. The summed E-state index contributed by atoms with van der Waals surface area (Å²) in [6.45, 7) is 12.3. The first-order valence-electron chi connectivity index (χ1n) is 49.9. The molecule has 0 amide bonds. The zero-order valence-electron chi connectivity index (χ0n) is 84.3. The quantitative estimate of drug-likeness (QED) is 0.128. The van der Waals surface area contributed by atoms with Gasteiger partial charge in [0.1, 0.15) is 22.3 Å². The number of aromatic nitrogens is 3. The van der Waals surface area contributed by atoms with Gasteiger partial charge in [0.05, 0.1) is 66.4 Å². The second-order valence-corrected chi connectivity index (χ2v) is 34.6. The summed E-state index contributed by atoms with van der Waals surface area (Å²) in [5.74, 6) is 0. The van der Waals surface area contributed by atoms with E-state index < -0.39 is 114 Å². The van der Waals surface area contributed by atoms with Gasteiger partial charge >= 0.3 is 0 Å². The molecule has 2 aliphatic rings. The maximum absolute atomic E-state index is 10.1. The van der Waals surface area contributed by atoms with E-state index >= 15 is 0 Å². The van der Waals surface area contributed by atoms with Gasteiger partial charge in [-0.2, -0.15) is 0 Å². The van der Waals surface area contributed by atoms with Crippen LogP contribution in [0.5, 0.6) is 0 Å². The number of para-hydroxylation sites is 9. The van der Waals surface area contributed by atoms with Gasteiger partial charge in [-0.05, 0) is 200 Å². The second kappa shape index (κ2) is 27.1. The maximum Gasteiger partial charge on any atom is 0.252 e. The minimum atomic E-state index is -0.906. The number of furan rings is 2. The van der Waals surface area contributed by atoms with Crippen molar-refractivity contribution >= 4 is 167 Å². The summed E-state index contributed by atoms with van der Waals surface area (Å²) < 4.78 is 175. The van der Waals surface area contributed by atoms with Crippen molar-refractivity contribution in [2.45, 2.75) is 52.4 Å². The molecule has 2 aliphatic heterocycles. The molecular formula is C116H82BN5O2. The van der Waals surface area contributed by atoms with Gasteiger partial charge in [0.15, 0.2) is 0 Å². The fraction of sp³-hybridized carbons (Fsp3) is 0.0690. The fourth-order valence-electron chi connectivity index (χ4n) is 19.9. The first-order chi connectivity index (χ1) is 67.4. The van der Waals surface area contributed by atoms with Crippen molar-refractivity contribution in [3.05, 3.63) is 399 Å². The van der Waals surface area contributed by atoms with Crippen molar-refractivity contribution in [2.75, 3.05) is 9.80 Å². The molecule has 586 valence electrons. The van der Waals surface area contributed by atoms with Crippen LogP contribution in [0.2, 0.25) is 0 Å². The Kier molecular flexibility index (Phi) is 12.4. The minimum absolute atomic E-state index is 0.0835. The third-order valence-corrected chi connectivity index (χ3v) is 25.6. The largest absolute Gasteiger partial charge is 0.456 e. The van der Waals surface area contributed by atoms with Crippen LogP contribution in [-0.2, 0) is 10.8 Å². The number of nitrogens with zero attached hydrogens (tertiary/aromatic N) is 5. The molecule has 0 saturated carbocycles. The van der Waals surface area contributed by atoms with Crippen LogP contribution in [0.25, 0.3) is 182 Å². The lowest BCUT2D eigenvalue weighted by Crippen LogP contribution is -2.61. The lowest BCUT2D eigenvalue weighted by Gasteiger charge is -2.46. The van der Waals surface area contributed by atoms with Crippen LogP contribution >= 0.6 is 0 Å². The molecule has 7 heterocycles. The molecular weight excluding hydrogens is 1510 g/mol. The molecule has 25 rings (SSSR count). The highest BCUT2D eigenvalue weighted by Crippen LogP contribution is 2.58. The van der Waals surface area contributed by atoms with Crippen LogP contribution in [0.4, 0.5) is 34.1 Å². The number of fused-ring (bicyclic) bond motifs is 19. The van der Waals surface area contributed by atoms with Gasteiger partial charge in [0, 0.05) is 121 Å². The highest BCUT2D eigenvalue weighted by molar-refractivity contribution is 7.00. The third kappa shape index (κ3) is 10.8. The van der Waals surface area contributed by atoms with E-state index in [0.717, 1.165) is 121 Å². The van der Waals surface area contributed by atoms with Crippen LogP contribution in [0.1, 0.15) is 74.6 Å². The van der Waals surface area contributed by atoms with Crippen LogP contribution in [0, 0.1) is 0 Å². The Bertz CT molecular complexity index is 9300. The van der Waals surface area contributed by atoms with Crippen molar-refractivity contribution in [3.63, 3.8) is 0 Å². The van der Waals surface area contributed by atoms with E-state index in [2.05, 4.69) is 208 Å². The molecule has 8 heteroatoms. The highest BCUT2D eigenvalue weighted by Gasteiger charge is 2.47. The van der Waals surface area contributed by atoms with E-state index in [0.29, 0.717) is 67.4 Å². The molecule has 0 radical (unpaired) electrons. The van der Waals surface area contributed by atoms with Crippen molar-refractivity contribution in [3.8, 4) is 72.7 Å². The molecule has 0 unspecified atom stereocenters. The van der Waals surface area contributed by atoms with Crippen molar-refractivity contribution in [1.82, 2.24) is 13.7 Å². The minimum Gasteiger partial charge on any atom is -0.456 e. The Morgan fingerprint density at radius 3 is 1.24 bits per heavy atom. The van der Waals surface area contributed by atoms with Crippen LogP contribution in [-0.4, -0.2) is 20.4 Å². The molecule has 0 spiro atoms. The summed E-state index contributed by atoms with van der Waals surface area (Å²) in [5.41, 5.74) is 20.3. The van der Waals surface area contributed by atoms with Gasteiger partial charge < -0.3 is 32.3 Å². The van der Waals surface area contributed by atoms with Gasteiger partial charge in [0.2, 0.25) is 0 Å². The first-order valence-corrected chi connectivity index (χ1v) is 41.9. The topological polar surface area (TPSA) is 47.6 Å². The predicted molar refractivity (Wildman–Crippen MR) is 523 cm³/mol. The zero-order valence-corrected chi connectivity index (χ0v) is 68.3. The summed E-state index contributed by atoms with van der Waals surface area (Å²) in [6.07, 6.45) is 0. The number of benzene rings is 18. The Morgan fingerprint density at radius 1 is 0.266 bits per heavy atom. The molecule has 18 aromatic carbocycles. The summed E-state index contributed by atoms with van der Waals surface area (Å²) in [6, 6.07) is 91.4. The van der Waals surface area contributed by atoms with Crippen molar-refractivity contribution in [2.24, 2.45) is 0 Å². The summed E-state index contributed by atoms with van der Waals surface area (Å²) in [7, 11) is 0. The van der Waals surface area contributed by atoms with Gasteiger partial charge in [-0.3, -0.25) is 0 Å². The number of hydrogen-bond donors (Lipinski definition) is 0. The molecule has 7 nitrogen and oxygen atoms in total. The second-order valence-electron chi connectivity index (χ2n) is 34.6. The zero-order chi connectivity index (χ0) is 96.5. The molecule has 0 N–H and O–H groups in total. The normalized spacial score (nSPS) is 14.7. The molecule has 5 aromatic heterocycles. The maximum atomic E-state index is 10.1. The summed E-state index contributed by atoms with van der Waals surface area (Å²) in [5, 5.41) is 5.02. The molecule has 0 fully saturated rings. The average molecular weight is 1600 g/mol. The Labute approximate surface area is 741 Å². The van der Waals surface area contributed by atoms with Gasteiger partial charge in [0.25, 0.3) is 6.71 Å². The van der Waals surface area contributed by atoms with Crippen LogP contribution in [0.3, 0.4) is 0 Å². The van der Waals surface area contributed by atoms with E-state index in [1.54, 1.807) is 9.13 Å². The first kappa shape index (κ1) is 57.0. The van der Waals surface area contributed by atoms with E-state index in [9.17, 15) is 21.9 Å². The Hall–Kier alpha value is -15.4. The lowest BCUT2D eigenvalue weighted by atomic mass is 9.33. The SMILES string of the molecule is [2H]c1c([2H])c([2H])c2c(c1[2H])c1c([2H])c([2H])c([2H])c([2H])c1n2-c1ccc2c(c1)N(c1c(-c3ccccc3)cc(C(C)(C)C)cc1-c1cccc3c1oc1ccccc13)c1cc(-c3ccc4c(c3)c3ccccc3n4-c3ccccc3)cc3c1B2c1ccc(-n2c4c([2H])c([2H])c([2H])c([2H])c4c4c([2H])c([2H])c([2H])c([2H])c42)cc1N3c1c(-c2ccccc2)cc(C(C)(C)C)cc1-c1cccc2oc3ccccc3c12. The van der Waals surface area contributed by atoms with E-state index in [4.69, 9.17) is 8.83 Å². The number of hydrogen-bond acceptors (Lipinski definition) is 4. The van der Waals surface area contributed by atoms with E-state index in [1.807, 2.05) is 140 Å². The molecule has 124 heavy (non-hydrogen) atoms. The van der Waals surface area contributed by atoms with Crippen molar-refractivity contribution in [1.29, 1.82) is 0 Å². The van der Waals surface area contributed by atoms with E-state index in [-0.39, 0.29) is 55.0 Å². The van der Waals surface area contributed by atoms with Gasteiger partial charge in [-0.15, -0.1) is 0 Å². The predicted octanol–water partition coefficient (Wildman–Crippen LogP) is 29.8. The molecule has 23 aromatic rings. The lowest BCUT2D eigenvalue weighted by molar-refractivity contribution is 0.590. The molecule has 0 saturated heterocycles. The molecule has 0 bridgehead atoms. The number of anilines is 6. The van der Waals surface area contributed by atoms with Crippen molar-refractivity contribution < 1.29 is 30.8 Å². The Morgan fingerprint density at radius 2 is 0.694 bits per heavy atom. The summed E-state index contributed by atoms with van der Waals surface area (Å²) >= 11 is 0. The van der Waals surface area contributed by atoms with Crippen LogP contribution in [0.15, 0.2) is 397 Å². The Balaban J connectivity index is 0.923. The molecule has 0 aliphatic carbocycles. The summed E-state index contributed by atoms with van der Waals surface area (Å²) in [4.78, 5) is 4.70. The smallest absolute Gasteiger partial charge is 0.252 e.